The quantitative estimate of drug-likeness (QED) is 0.560. The van der Waals surface area contributed by atoms with Gasteiger partial charge in [-0.3, -0.25) is 19.3 Å². The summed E-state index contributed by atoms with van der Waals surface area (Å²) >= 11 is 0. The molecule has 0 saturated carbocycles. The van der Waals surface area contributed by atoms with Crippen molar-refractivity contribution in [1.29, 1.82) is 0 Å². The third-order valence-corrected chi connectivity index (χ3v) is 5.65. The molecular formula is C23H34N4O6. The van der Waals surface area contributed by atoms with E-state index in [-0.39, 0.29) is 24.3 Å². The lowest BCUT2D eigenvalue weighted by Crippen LogP contribution is -2.54. The first-order chi connectivity index (χ1) is 16.0. The van der Waals surface area contributed by atoms with Gasteiger partial charge in [-0.25, -0.2) is 0 Å². The van der Waals surface area contributed by atoms with Crippen molar-refractivity contribution in [3.05, 3.63) is 23.8 Å². The minimum absolute atomic E-state index is 0.0814. The van der Waals surface area contributed by atoms with Crippen LogP contribution in [-0.2, 0) is 14.3 Å². The molecule has 1 aromatic carbocycles. The molecule has 10 heteroatoms. The first kappa shape index (κ1) is 24.8. The van der Waals surface area contributed by atoms with E-state index in [1.54, 1.807) is 28.0 Å². The van der Waals surface area contributed by atoms with E-state index in [9.17, 15) is 14.4 Å². The zero-order valence-corrected chi connectivity index (χ0v) is 19.5. The molecule has 10 nitrogen and oxygen atoms in total. The van der Waals surface area contributed by atoms with Crippen molar-refractivity contribution in [3.63, 3.8) is 0 Å². The molecule has 0 spiro atoms. The summed E-state index contributed by atoms with van der Waals surface area (Å²) in [6, 6.07) is 4.96. The molecule has 0 unspecified atom stereocenters. The summed E-state index contributed by atoms with van der Waals surface area (Å²) in [5.41, 5.74) is 0.397. The van der Waals surface area contributed by atoms with Gasteiger partial charge in [0.25, 0.3) is 5.91 Å². The van der Waals surface area contributed by atoms with Crippen LogP contribution in [0.5, 0.6) is 11.5 Å². The van der Waals surface area contributed by atoms with E-state index in [2.05, 4.69) is 10.2 Å². The van der Waals surface area contributed by atoms with E-state index in [0.29, 0.717) is 76.2 Å². The van der Waals surface area contributed by atoms with E-state index in [1.807, 2.05) is 13.8 Å². The molecule has 2 aliphatic heterocycles. The van der Waals surface area contributed by atoms with Crippen LogP contribution in [0.15, 0.2) is 18.2 Å². The van der Waals surface area contributed by atoms with Gasteiger partial charge in [0, 0.05) is 44.8 Å². The summed E-state index contributed by atoms with van der Waals surface area (Å²) < 4.78 is 16.4. The van der Waals surface area contributed by atoms with Gasteiger partial charge in [0.15, 0.2) is 11.5 Å². The van der Waals surface area contributed by atoms with Crippen molar-refractivity contribution < 1.29 is 28.6 Å². The Morgan fingerprint density at radius 1 is 0.879 bits per heavy atom. The molecule has 0 atom stereocenters. The maximum Gasteiger partial charge on any atom is 0.251 e. The Kier molecular flexibility index (Phi) is 9.32. The minimum Gasteiger partial charge on any atom is -0.490 e. The number of benzene rings is 1. The van der Waals surface area contributed by atoms with Crippen molar-refractivity contribution in [1.82, 2.24) is 20.0 Å². The summed E-state index contributed by atoms with van der Waals surface area (Å²) in [6.07, 6.45) is 0. The molecule has 182 valence electrons. The lowest BCUT2D eigenvalue weighted by Gasteiger charge is -2.36. The number of carbonyl (C=O) groups is 3. The Balaban J connectivity index is 1.44. The summed E-state index contributed by atoms with van der Waals surface area (Å²) in [7, 11) is 0. The van der Waals surface area contributed by atoms with Crippen LogP contribution in [0.3, 0.4) is 0 Å². The van der Waals surface area contributed by atoms with Gasteiger partial charge in [-0.2, -0.15) is 0 Å². The lowest BCUT2D eigenvalue weighted by atomic mass is 10.2. The summed E-state index contributed by atoms with van der Waals surface area (Å²) in [5.74, 6) is 0.633. The lowest BCUT2D eigenvalue weighted by molar-refractivity contribution is -0.140. The molecule has 1 aromatic rings. The van der Waals surface area contributed by atoms with Gasteiger partial charge in [-0.1, -0.05) is 0 Å². The van der Waals surface area contributed by atoms with Crippen molar-refractivity contribution in [2.24, 2.45) is 0 Å². The first-order valence-electron chi connectivity index (χ1n) is 11.5. The van der Waals surface area contributed by atoms with Gasteiger partial charge >= 0.3 is 0 Å². The van der Waals surface area contributed by atoms with Crippen molar-refractivity contribution in [2.75, 3.05) is 78.8 Å². The fraction of sp³-hybridized carbons (Fsp3) is 0.609. The number of nitrogens with one attached hydrogen (secondary N) is 1. The SMILES string of the molecule is CCOc1ccc(C(=O)NCC(=O)N2CCN(C(=O)CN3CCOCC3)CC2)cc1OCC. The number of ether oxygens (including phenoxy) is 3. The smallest absolute Gasteiger partial charge is 0.251 e. The third kappa shape index (κ3) is 7.06. The summed E-state index contributed by atoms with van der Waals surface area (Å²) in [6.45, 7) is 9.73. The van der Waals surface area contributed by atoms with Crippen LogP contribution in [0.1, 0.15) is 24.2 Å². The van der Waals surface area contributed by atoms with Crippen LogP contribution in [-0.4, -0.2) is 111 Å². The second-order valence-corrected chi connectivity index (χ2v) is 7.86. The molecule has 2 heterocycles. The largest absolute Gasteiger partial charge is 0.490 e. The van der Waals surface area contributed by atoms with Crippen LogP contribution >= 0.6 is 0 Å². The van der Waals surface area contributed by atoms with Crippen LogP contribution in [0.4, 0.5) is 0 Å². The molecule has 2 fully saturated rings. The van der Waals surface area contributed by atoms with Crippen LogP contribution in [0, 0.1) is 0 Å². The minimum atomic E-state index is -0.355. The zero-order chi connectivity index (χ0) is 23.6. The summed E-state index contributed by atoms with van der Waals surface area (Å²) in [4.78, 5) is 43.2. The topological polar surface area (TPSA) is 101 Å². The fourth-order valence-corrected chi connectivity index (χ4v) is 3.82. The normalized spacial score (nSPS) is 16.9. The van der Waals surface area contributed by atoms with Crippen LogP contribution < -0.4 is 14.8 Å². The van der Waals surface area contributed by atoms with Gasteiger partial charge in [0.05, 0.1) is 39.5 Å². The highest BCUT2D eigenvalue weighted by molar-refractivity contribution is 5.97. The van der Waals surface area contributed by atoms with E-state index in [0.717, 1.165) is 13.1 Å². The Hall–Kier alpha value is -2.85. The standard InChI is InChI=1S/C23H34N4O6/c1-3-32-19-6-5-18(15-20(19)33-4-2)23(30)24-16-21(28)26-7-9-27(10-8-26)22(29)17-25-11-13-31-14-12-25/h5-6,15H,3-4,7-14,16-17H2,1-2H3,(H,24,30). The van der Waals surface area contributed by atoms with Gasteiger partial charge in [0.1, 0.15) is 0 Å². The average molecular weight is 463 g/mol. The number of nitrogens with zero attached hydrogens (tertiary/aromatic N) is 3. The molecule has 3 amide bonds. The fourth-order valence-electron chi connectivity index (χ4n) is 3.82. The molecule has 3 rings (SSSR count). The zero-order valence-electron chi connectivity index (χ0n) is 19.5. The molecule has 0 aliphatic carbocycles. The Morgan fingerprint density at radius 2 is 1.48 bits per heavy atom. The Bertz CT molecular complexity index is 819. The Morgan fingerprint density at radius 3 is 2.12 bits per heavy atom. The highest BCUT2D eigenvalue weighted by atomic mass is 16.5. The third-order valence-electron chi connectivity index (χ3n) is 5.65. The molecule has 0 aromatic heterocycles. The molecule has 1 N–H and O–H groups in total. The molecule has 2 aliphatic rings. The highest BCUT2D eigenvalue weighted by Gasteiger charge is 2.26. The van der Waals surface area contributed by atoms with Crippen molar-refractivity contribution >= 4 is 17.7 Å². The van der Waals surface area contributed by atoms with Gasteiger partial charge in [0.2, 0.25) is 11.8 Å². The highest BCUT2D eigenvalue weighted by Crippen LogP contribution is 2.28. The second kappa shape index (κ2) is 12.4. The number of hydrogen-bond acceptors (Lipinski definition) is 7. The molecule has 0 bridgehead atoms. The number of carbonyl (C=O) groups excluding carboxylic acids is 3. The molecule has 0 radical (unpaired) electrons. The number of morpholine rings is 1. The van der Waals surface area contributed by atoms with E-state index in [1.165, 1.54) is 0 Å². The summed E-state index contributed by atoms with van der Waals surface area (Å²) in [5, 5.41) is 2.68. The number of rotatable bonds is 9. The monoisotopic (exact) mass is 462 g/mol. The second-order valence-electron chi connectivity index (χ2n) is 7.86. The number of amides is 3. The van der Waals surface area contributed by atoms with Gasteiger partial charge in [-0.05, 0) is 32.0 Å². The average Bonchev–Trinajstić information content (AvgIpc) is 2.84. The number of piperazine rings is 1. The first-order valence-corrected chi connectivity index (χ1v) is 11.5. The van der Waals surface area contributed by atoms with Gasteiger partial charge < -0.3 is 29.3 Å². The van der Waals surface area contributed by atoms with E-state index < -0.39 is 0 Å². The predicted molar refractivity (Wildman–Crippen MR) is 122 cm³/mol. The maximum atomic E-state index is 12.6. The van der Waals surface area contributed by atoms with E-state index >= 15 is 0 Å². The van der Waals surface area contributed by atoms with Gasteiger partial charge in [-0.15, -0.1) is 0 Å². The van der Waals surface area contributed by atoms with Crippen molar-refractivity contribution in [3.8, 4) is 11.5 Å². The maximum absolute atomic E-state index is 12.6. The Labute approximate surface area is 194 Å². The van der Waals surface area contributed by atoms with E-state index in [4.69, 9.17) is 14.2 Å². The van der Waals surface area contributed by atoms with Crippen LogP contribution in [0.2, 0.25) is 0 Å². The predicted octanol–water partition coefficient (Wildman–Crippen LogP) is 0.217. The van der Waals surface area contributed by atoms with Crippen LogP contribution in [0.25, 0.3) is 0 Å². The molecule has 2 saturated heterocycles. The molecular weight excluding hydrogens is 428 g/mol. The number of hydrogen-bond donors (Lipinski definition) is 1. The molecule has 33 heavy (non-hydrogen) atoms. The van der Waals surface area contributed by atoms with Crippen molar-refractivity contribution in [2.45, 2.75) is 13.8 Å².